The molecule has 4 N–H and O–H groups in total. The second-order valence-corrected chi connectivity index (χ2v) is 7.76. The standard InChI is InChI=1S/C24H30N2O5/c1-4-15(2)21(25-16(3)23(28)29)22(27)26-20(24(30)31)14-17-10-12-19(13-11-17)18-8-6-5-7-9-18/h5-13,15-16,20-21,25H,4,14H2,1-3H3,(H,26,27)(H,28,29)(H,30,31)/t15-,16-,20-,21?/m0/s1. The molecule has 0 spiro atoms. The van der Waals surface area contributed by atoms with E-state index in [-0.39, 0.29) is 12.3 Å². The Morgan fingerprint density at radius 2 is 1.45 bits per heavy atom. The third-order valence-electron chi connectivity index (χ3n) is 5.41. The van der Waals surface area contributed by atoms with Crippen molar-refractivity contribution in [2.24, 2.45) is 5.92 Å². The average Bonchev–Trinajstić information content (AvgIpc) is 2.77. The van der Waals surface area contributed by atoms with E-state index in [9.17, 15) is 19.5 Å². The minimum absolute atomic E-state index is 0.123. The number of carboxylic acids is 2. The van der Waals surface area contributed by atoms with E-state index in [1.807, 2.05) is 68.4 Å². The van der Waals surface area contributed by atoms with Crippen molar-refractivity contribution in [1.29, 1.82) is 0 Å². The van der Waals surface area contributed by atoms with Gasteiger partial charge in [-0.25, -0.2) is 4.79 Å². The Kier molecular flexibility index (Phi) is 8.75. The van der Waals surface area contributed by atoms with E-state index < -0.39 is 36.0 Å². The second kappa shape index (κ2) is 11.3. The monoisotopic (exact) mass is 426 g/mol. The molecule has 0 fully saturated rings. The van der Waals surface area contributed by atoms with Crippen molar-refractivity contribution in [3.8, 4) is 11.1 Å². The van der Waals surface area contributed by atoms with Gasteiger partial charge >= 0.3 is 11.9 Å². The maximum atomic E-state index is 12.8. The van der Waals surface area contributed by atoms with Crippen LogP contribution in [0.3, 0.4) is 0 Å². The Hall–Kier alpha value is -3.19. The third-order valence-corrected chi connectivity index (χ3v) is 5.41. The number of benzene rings is 2. The smallest absolute Gasteiger partial charge is 0.326 e. The van der Waals surface area contributed by atoms with Crippen molar-refractivity contribution in [1.82, 2.24) is 10.6 Å². The van der Waals surface area contributed by atoms with Crippen molar-refractivity contribution >= 4 is 17.8 Å². The van der Waals surface area contributed by atoms with Gasteiger partial charge in [-0.2, -0.15) is 0 Å². The van der Waals surface area contributed by atoms with E-state index in [1.165, 1.54) is 6.92 Å². The van der Waals surface area contributed by atoms with Crippen LogP contribution >= 0.6 is 0 Å². The van der Waals surface area contributed by atoms with E-state index in [2.05, 4.69) is 10.6 Å². The first kappa shape index (κ1) is 24.1. The Balaban J connectivity index is 2.11. The summed E-state index contributed by atoms with van der Waals surface area (Å²) in [6.07, 6.45) is 0.758. The molecule has 0 radical (unpaired) electrons. The fourth-order valence-electron chi connectivity index (χ4n) is 3.24. The van der Waals surface area contributed by atoms with Crippen LogP contribution in [-0.2, 0) is 20.8 Å². The molecule has 7 nitrogen and oxygen atoms in total. The van der Waals surface area contributed by atoms with E-state index in [0.29, 0.717) is 6.42 Å². The molecule has 0 saturated carbocycles. The topological polar surface area (TPSA) is 116 Å². The van der Waals surface area contributed by atoms with Crippen LogP contribution in [0.15, 0.2) is 54.6 Å². The molecule has 0 aliphatic rings. The zero-order chi connectivity index (χ0) is 23.0. The van der Waals surface area contributed by atoms with Crippen LogP contribution in [0, 0.1) is 5.92 Å². The Labute approximate surface area is 182 Å². The minimum atomic E-state index is -1.14. The summed E-state index contributed by atoms with van der Waals surface area (Å²) < 4.78 is 0. The van der Waals surface area contributed by atoms with Crippen molar-refractivity contribution in [3.05, 3.63) is 60.2 Å². The summed E-state index contributed by atoms with van der Waals surface area (Å²) in [6, 6.07) is 14.5. The maximum absolute atomic E-state index is 12.8. The average molecular weight is 427 g/mol. The molecule has 0 bridgehead atoms. The van der Waals surface area contributed by atoms with Gasteiger partial charge in [0.15, 0.2) is 0 Å². The zero-order valence-corrected chi connectivity index (χ0v) is 18.0. The highest BCUT2D eigenvalue weighted by Gasteiger charge is 2.30. The molecule has 166 valence electrons. The molecule has 0 heterocycles. The van der Waals surface area contributed by atoms with Gasteiger partial charge in [0.25, 0.3) is 0 Å². The first-order valence-electron chi connectivity index (χ1n) is 10.4. The van der Waals surface area contributed by atoms with Gasteiger partial charge in [0, 0.05) is 6.42 Å². The SMILES string of the molecule is CC[C@H](C)C(N[C@@H](C)C(=O)O)C(=O)N[C@@H](Cc1ccc(-c2ccccc2)cc1)C(=O)O. The number of amides is 1. The molecule has 2 rings (SSSR count). The lowest BCUT2D eigenvalue weighted by molar-refractivity contribution is -0.143. The number of carboxylic acid groups (broad SMARTS) is 2. The minimum Gasteiger partial charge on any atom is -0.480 e. The third kappa shape index (κ3) is 6.93. The van der Waals surface area contributed by atoms with Crippen LogP contribution < -0.4 is 10.6 Å². The van der Waals surface area contributed by atoms with E-state index >= 15 is 0 Å². The largest absolute Gasteiger partial charge is 0.480 e. The van der Waals surface area contributed by atoms with Gasteiger partial charge in [-0.1, -0.05) is 74.9 Å². The van der Waals surface area contributed by atoms with E-state index in [4.69, 9.17) is 5.11 Å². The van der Waals surface area contributed by atoms with Crippen molar-refractivity contribution in [2.75, 3.05) is 0 Å². The summed E-state index contributed by atoms with van der Waals surface area (Å²) in [4.78, 5) is 35.8. The fourth-order valence-corrected chi connectivity index (χ4v) is 3.24. The Morgan fingerprint density at radius 1 is 0.871 bits per heavy atom. The van der Waals surface area contributed by atoms with Gasteiger partial charge in [0.1, 0.15) is 12.1 Å². The molecular formula is C24H30N2O5. The summed E-state index contributed by atoms with van der Waals surface area (Å²) in [5, 5.41) is 24.2. The number of hydrogen-bond donors (Lipinski definition) is 4. The van der Waals surface area contributed by atoms with Gasteiger partial charge in [-0.3, -0.25) is 14.9 Å². The summed E-state index contributed by atoms with van der Waals surface area (Å²) in [7, 11) is 0. The molecule has 7 heteroatoms. The van der Waals surface area contributed by atoms with Gasteiger partial charge in [-0.05, 0) is 29.5 Å². The van der Waals surface area contributed by atoms with Gasteiger partial charge in [-0.15, -0.1) is 0 Å². The number of carbonyl (C=O) groups is 3. The van der Waals surface area contributed by atoms with Crippen molar-refractivity contribution in [3.63, 3.8) is 0 Å². The first-order valence-corrected chi connectivity index (χ1v) is 10.4. The van der Waals surface area contributed by atoms with Crippen LogP contribution in [0.5, 0.6) is 0 Å². The second-order valence-electron chi connectivity index (χ2n) is 7.76. The van der Waals surface area contributed by atoms with E-state index in [1.54, 1.807) is 0 Å². The molecule has 0 saturated heterocycles. The highest BCUT2D eigenvalue weighted by molar-refractivity contribution is 5.88. The van der Waals surface area contributed by atoms with Gasteiger partial charge < -0.3 is 15.5 Å². The number of nitrogens with one attached hydrogen (secondary N) is 2. The van der Waals surface area contributed by atoms with Gasteiger partial charge in [0.2, 0.25) is 5.91 Å². The predicted molar refractivity (Wildman–Crippen MR) is 119 cm³/mol. The van der Waals surface area contributed by atoms with E-state index in [0.717, 1.165) is 16.7 Å². The number of carbonyl (C=O) groups excluding carboxylic acids is 1. The highest BCUT2D eigenvalue weighted by atomic mass is 16.4. The van der Waals surface area contributed by atoms with Crippen LogP contribution in [-0.4, -0.2) is 46.2 Å². The predicted octanol–water partition coefficient (Wildman–Crippen LogP) is 2.94. The fraction of sp³-hybridized carbons (Fsp3) is 0.375. The molecule has 0 aliphatic carbocycles. The van der Waals surface area contributed by atoms with Crippen LogP contribution in [0.2, 0.25) is 0 Å². The summed E-state index contributed by atoms with van der Waals surface area (Å²) in [5.41, 5.74) is 2.86. The molecule has 31 heavy (non-hydrogen) atoms. The normalized spacial score (nSPS) is 14.8. The van der Waals surface area contributed by atoms with Gasteiger partial charge in [0.05, 0.1) is 6.04 Å². The van der Waals surface area contributed by atoms with Crippen LogP contribution in [0.1, 0.15) is 32.8 Å². The summed E-state index contributed by atoms with van der Waals surface area (Å²) in [5.74, 6) is -2.90. The quantitative estimate of drug-likeness (QED) is 0.439. The van der Waals surface area contributed by atoms with Crippen molar-refractivity contribution < 1.29 is 24.6 Å². The maximum Gasteiger partial charge on any atom is 0.326 e. The zero-order valence-electron chi connectivity index (χ0n) is 18.0. The molecule has 0 aromatic heterocycles. The molecular weight excluding hydrogens is 396 g/mol. The highest BCUT2D eigenvalue weighted by Crippen LogP contribution is 2.20. The molecule has 2 aromatic carbocycles. The summed E-state index contributed by atoms with van der Waals surface area (Å²) in [6.45, 7) is 5.17. The lowest BCUT2D eigenvalue weighted by Crippen LogP contribution is -2.56. The molecule has 0 aliphatic heterocycles. The Bertz CT molecular complexity index is 883. The van der Waals surface area contributed by atoms with Crippen LogP contribution in [0.25, 0.3) is 11.1 Å². The molecule has 4 atom stereocenters. The van der Waals surface area contributed by atoms with Crippen molar-refractivity contribution in [2.45, 2.75) is 51.7 Å². The lowest BCUT2D eigenvalue weighted by Gasteiger charge is -2.27. The number of rotatable bonds is 11. The molecule has 1 amide bonds. The molecule has 2 aromatic rings. The lowest BCUT2D eigenvalue weighted by atomic mass is 9.96. The first-order chi connectivity index (χ1) is 14.7. The summed E-state index contributed by atoms with van der Waals surface area (Å²) >= 11 is 0. The number of aliphatic carboxylic acids is 2. The molecule has 1 unspecified atom stereocenters. The van der Waals surface area contributed by atoms with Crippen LogP contribution in [0.4, 0.5) is 0 Å². The Morgan fingerprint density at radius 3 is 1.97 bits per heavy atom. The number of hydrogen-bond acceptors (Lipinski definition) is 4.